The van der Waals surface area contributed by atoms with Gasteiger partial charge in [0.15, 0.2) is 5.82 Å². The summed E-state index contributed by atoms with van der Waals surface area (Å²) in [5.74, 6) is 0.867. The molecule has 1 aromatic heterocycles. The fraction of sp³-hybridized carbons (Fsp3) is 0.238. The molecule has 3 nitrogen and oxygen atoms in total. The van der Waals surface area contributed by atoms with Gasteiger partial charge in [-0.2, -0.15) is 0 Å². The summed E-state index contributed by atoms with van der Waals surface area (Å²) in [6, 6.07) is 21.1. The number of benzene rings is 2. The summed E-state index contributed by atoms with van der Waals surface area (Å²) in [6.07, 6.45) is 7.26. The average Bonchev–Trinajstić information content (AvgIpc) is 2.63. The van der Waals surface area contributed by atoms with Crippen LogP contribution in [0.3, 0.4) is 0 Å². The van der Waals surface area contributed by atoms with E-state index in [0.29, 0.717) is 0 Å². The minimum Gasteiger partial charge on any atom is -0.367 e. The molecule has 1 aliphatic rings. The lowest BCUT2D eigenvalue weighted by atomic mass is 9.64. The van der Waals surface area contributed by atoms with Gasteiger partial charge < -0.3 is 5.32 Å². The van der Waals surface area contributed by atoms with Crippen LogP contribution in [0.5, 0.6) is 0 Å². The van der Waals surface area contributed by atoms with Crippen LogP contribution < -0.4 is 5.32 Å². The molecule has 2 aromatic carbocycles. The molecule has 0 bridgehead atoms. The standard InChI is InChI=1S/C21H21N3/c1-3-8-17(9-4-1)19-20(23-15-14-22-19)24-16-21(12-7-13-21)18-10-5-2-6-11-18/h1-6,8-11,14-15H,7,12-13,16H2,(H,23,24). The van der Waals surface area contributed by atoms with Crippen molar-refractivity contribution in [3.63, 3.8) is 0 Å². The molecule has 0 aliphatic heterocycles. The van der Waals surface area contributed by atoms with Crippen LogP contribution in [-0.2, 0) is 5.41 Å². The predicted molar refractivity (Wildman–Crippen MR) is 97.9 cm³/mol. The molecular formula is C21H21N3. The molecular weight excluding hydrogens is 294 g/mol. The molecule has 3 heteroatoms. The third kappa shape index (κ3) is 2.78. The molecule has 0 unspecified atom stereocenters. The first kappa shape index (κ1) is 14.9. The number of rotatable bonds is 5. The van der Waals surface area contributed by atoms with E-state index in [1.54, 1.807) is 12.4 Å². The van der Waals surface area contributed by atoms with E-state index in [4.69, 9.17) is 0 Å². The Labute approximate surface area is 142 Å². The Morgan fingerprint density at radius 1 is 0.833 bits per heavy atom. The summed E-state index contributed by atoms with van der Waals surface area (Å²) in [5, 5.41) is 3.58. The quantitative estimate of drug-likeness (QED) is 0.743. The lowest BCUT2D eigenvalue weighted by molar-refractivity contribution is 0.260. The van der Waals surface area contributed by atoms with Crippen molar-refractivity contribution in [3.05, 3.63) is 78.6 Å². The Kier molecular flexibility index (Phi) is 3.99. The monoisotopic (exact) mass is 315 g/mol. The molecule has 1 fully saturated rings. The van der Waals surface area contributed by atoms with E-state index in [0.717, 1.165) is 23.6 Å². The van der Waals surface area contributed by atoms with E-state index in [1.165, 1.54) is 24.8 Å². The lowest BCUT2D eigenvalue weighted by Crippen LogP contribution is -2.41. The van der Waals surface area contributed by atoms with Gasteiger partial charge in [-0.1, -0.05) is 67.1 Å². The maximum Gasteiger partial charge on any atom is 0.152 e. The second-order valence-electron chi connectivity index (χ2n) is 6.47. The first-order chi connectivity index (χ1) is 11.9. The first-order valence-corrected chi connectivity index (χ1v) is 8.53. The molecule has 0 spiro atoms. The summed E-state index contributed by atoms with van der Waals surface area (Å²) in [6.45, 7) is 0.898. The molecule has 0 radical (unpaired) electrons. The highest BCUT2D eigenvalue weighted by Crippen LogP contribution is 2.43. The highest BCUT2D eigenvalue weighted by atomic mass is 15.0. The van der Waals surface area contributed by atoms with Crippen molar-refractivity contribution >= 4 is 5.82 Å². The van der Waals surface area contributed by atoms with E-state index in [9.17, 15) is 0 Å². The zero-order chi connectivity index (χ0) is 16.2. The van der Waals surface area contributed by atoms with Crippen molar-refractivity contribution in [2.45, 2.75) is 24.7 Å². The number of anilines is 1. The summed E-state index contributed by atoms with van der Waals surface area (Å²) in [4.78, 5) is 9.08. The van der Waals surface area contributed by atoms with E-state index >= 15 is 0 Å². The number of hydrogen-bond donors (Lipinski definition) is 1. The molecule has 1 heterocycles. The van der Waals surface area contributed by atoms with E-state index in [1.807, 2.05) is 18.2 Å². The fourth-order valence-corrected chi connectivity index (χ4v) is 3.49. The topological polar surface area (TPSA) is 37.8 Å². The lowest BCUT2D eigenvalue weighted by Gasteiger charge is -2.42. The molecule has 0 saturated heterocycles. The van der Waals surface area contributed by atoms with Crippen molar-refractivity contribution in [1.82, 2.24) is 9.97 Å². The van der Waals surface area contributed by atoms with Gasteiger partial charge in [0, 0.05) is 29.9 Å². The largest absolute Gasteiger partial charge is 0.367 e. The van der Waals surface area contributed by atoms with Crippen LogP contribution in [0.25, 0.3) is 11.3 Å². The third-order valence-electron chi connectivity index (χ3n) is 5.04. The smallest absolute Gasteiger partial charge is 0.152 e. The van der Waals surface area contributed by atoms with Crippen molar-refractivity contribution < 1.29 is 0 Å². The van der Waals surface area contributed by atoms with E-state index in [-0.39, 0.29) is 5.41 Å². The Bertz CT molecular complexity index is 796. The normalized spacial score (nSPS) is 15.5. The second kappa shape index (κ2) is 6.44. The summed E-state index contributed by atoms with van der Waals surface area (Å²) < 4.78 is 0. The maximum absolute atomic E-state index is 4.54. The van der Waals surface area contributed by atoms with Crippen LogP contribution in [0, 0.1) is 0 Å². The van der Waals surface area contributed by atoms with Gasteiger partial charge in [-0.15, -0.1) is 0 Å². The third-order valence-corrected chi connectivity index (χ3v) is 5.04. The molecule has 1 saturated carbocycles. The Balaban J connectivity index is 1.59. The van der Waals surface area contributed by atoms with E-state index in [2.05, 4.69) is 57.7 Å². The average molecular weight is 315 g/mol. The maximum atomic E-state index is 4.54. The van der Waals surface area contributed by atoms with Crippen LogP contribution in [-0.4, -0.2) is 16.5 Å². The van der Waals surface area contributed by atoms with Gasteiger partial charge in [-0.05, 0) is 18.4 Å². The van der Waals surface area contributed by atoms with Crippen LogP contribution in [0.1, 0.15) is 24.8 Å². The fourth-order valence-electron chi connectivity index (χ4n) is 3.49. The number of nitrogens with one attached hydrogen (secondary N) is 1. The molecule has 0 atom stereocenters. The summed E-state index contributed by atoms with van der Waals surface area (Å²) in [7, 11) is 0. The van der Waals surface area contributed by atoms with Crippen molar-refractivity contribution in [2.24, 2.45) is 0 Å². The molecule has 0 amide bonds. The van der Waals surface area contributed by atoms with Gasteiger partial charge >= 0.3 is 0 Å². The SMILES string of the molecule is c1ccc(-c2nccnc2NCC2(c3ccccc3)CCC2)cc1. The highest BCUT2D eigenvalue weighted by molar-refractivity contribution is 5.71. The zero-order valence-corrected chi connectivity index (χ0v) is 13.7. The van der Waals surface area contributed by atoms with Gasteiger partial charge in [0.25, 0.3) is 0 Å². The van der Waals surface area contributed by atoms with Crippen molar-refractivity contribution in [2.75, 3.05) is 11.9 Å². The number of aromatic nitrogens is 2. The molecule has 1 aliphatic carbocycles. The number of nitrogens with zero attached hydrogens (tertiary/aromatic N) is 2. The number of hydrogen-bond acceptors (Lipinski definition) is 3. The molecule has 3 aromatic rings. The van der Waals surface area contributed by atoms with Crippen molar-refractivity contribution in [3.8, 4) is 11.3 Å². The van der Waals surface area contributed by atoms with Gasteiger partial charge in [0.2, 0.25) is 0 Å². The Morgan fingerprint density at radius 2 is 1.50 bits per heavy atom. The zero-order valence-electron chi connectivity index (χ0n) is 13.7. The first-order valence-electron chi connectivity index (χ1n) is 8.53. The summed E-state index contributed by atoms with van der Waals surface area (Å²) in [5.41, 5.74) is 3.66. The van der Waals surface area contributed by atoms with Crippen LogP contribution in [0.4, 0.5) is 5.82 Å². The minimum atomic E-state index is 0.229. The van der Waals surface area contributed by atoms with Crippen LogP contribution >= 0.6 is 0 Å². The van der Waals surface area contributed by atoms with Gasteiger partial charge in [0.05, 0.1) is 0 Å². The second-order valence-corrected chi connectivity index (χ2v) is 6.47. The molecule has 24 heavy (non-hydrogen) atoms. The highest BCUT2D eigenvalue weighted by Gasteiger charge is 2.38. The van der Waals surface area contributed by atoms with Gasteiger partial charge in [0.1, 0.15) is 5.69 Å². The molecule has 120 valence electrons. The minimum absolute atomic E-state index is 0.229. The van der Waals surface area contributed by atoms with Gasteiger partial charge in [-0.25, -0.2) is 4.98 Å². The van der Waals surface area contributed by atoms with Crippen molar-refractivity contribution in [1.29, 1.82) is 0 Å². The Morgan fingerprint density at radius 3 is 2.17 bits per heavy atom. The van der Waals surface area contributed by atoms with Gasteiger partial charge in [-0.3, -0.25) is 4.98 Å². The summed E-state index contributed by atoms with van der Waals surface area (Å²) >= 11 is 0. The Hall–Kier alpha value is -2.68. The molecule has 4 rings (SSSR count). The van der Waals surface area contributed by atoms with E-state index < -0.39 is 0 Å². The predicted octanol–water partition coefficient (Wildman–Crippen LogP) is 4.68. The molecule has 1 N–H and O–H groups in total. The van der Waals surface area contributed by atoms with Crippen LogP contribution in [0.15, 0.2) is 73.1 Å². The van der Waals surface area contributed by atoms with Crippen LogP contribution in [0.2, 0.25) is 0 Å².